The quantitative estimate of drug-likeness (QED) is 0.481. The summed E-state index contributed by atoms with van der Waals surface area (Å²) >= 11 is 0. The van der Waals surface area contributed by atoms with Gasteiger partial charge in [-0.15, -0.1) is 0 Å². The summed E-state index contributed by atoms with van der Waals surface area (Å²) in [5.41, 5.74) is 10.3. The van der Waals surface area contributed by atoms with Gasteiger partial charge in [0.2, 0.25) is 0 Å². The van der Waals surface area contributed by atoms with Crippen molar-refractivity contribution in [1.29, 1.82) is 0 Å². The van der Waals surface area contributed by atoms with Gasteiger partial charge in [0.1, 0.15) is 0 Å². The smallest absolute Gasteiger partial charge is 0.340 e. The van der Waals surface area contributed by atoms with Crippen LogP contribution in [0.1, 0.15) is 20.7 Å². The summed E-state index contributed by atoms with van der Waals surface area (Å²) in [6, 6.07) is 5.72. The number of rotatable bonds is 4. The average Bonchev–Trinajstić information content (AvgIpc) is 2.28. The van der Waals surface area contributed by atoms with Crippen LogP contribution in [0.15, 0.2) is 24.3 Å². The number of hydrogen-bond donors (Lipinski definition) is 3. The molecule has 5 N–H and O–H groups in total. The van der Waals surface area contributed by atoms with Crippen molar-refractivity contribution in [2.75, 3.05) is 6.54 Å². The van der Waals surface area contributed by atoms with Crippen LogP contribution in [0.4, 0.5) is 0 Å². The van der Waals surface area contributed by atoms with Crippen molar-refractivity contribution in [3.8, 4) is 0 Å². The summed E-state index contributed by atoms with van der Waals surface area (Å²) in [5.74, 6) is -2.00. The molecule has 1 unspecified atom stereocenters. The van der Waals surface area contributed by atoms with Crippen LogP contribution in [0.25, 0.3) is 0 Å². The number of hydrogen-bond acceptors (Lipinski definition) is 5. The van der Waals surface area contributed by atoms with E-state index in [-0.39, 0.29) is 17.7 Å². The Hall–Kier alpha value is -1.92. The highest BCUT2D eigenvalue weighted by atomic mass is 16.6. The molecule has 86 valence electrons. The van der Waals surface area contributed by atoms with Gasteiger partial charge in [-0.05, 0) is 12.1 Å². The Balaban J connectivity index is 2.95. The zero-order valence-corrected chi connectivity index (χ0v) is 8.42. The molecule has 16 heavy (non-hydrogen) atoms. The maximum Gasteiger partial charge on any atom is 0.340 e. The van der Waals surface area contributed by atoms with Gasteiger partial charge in [0, 0.05) is 6.54 Å². The number of ether oxygens (including phenoxy) is 1. The predicted octanol–water partition coefficient (Wildman–Crippen LogP) is -0.215. The number of aromatic carboxylic acids is 1. The molecule has 0 aliphatic rings. The lowest BCUT2D eigenvalue weighted by atomic mass is 10.1. The van der Waals surface area contributed by atoms with E-state index in [4.69, 9.17) is 21.3 Å². The van der Waals surface area contributed by atoms with Gasteiger partial charge in [0.25, 0.3) is 0 Å². The van der Waals surface area contributed by atoms with E-state index in [1.165, 1.54) is 24.3 Å². The number of carbonyl (C=O) groups excluding carboxylic acids is 1. The number of esters is 1. The molecule has 1 aromatic carbocycles. The van der Waals surface area contributed by atoms with E-state index < -0.39 is 18.2 Å². The minimum absolute atomic E-state index is 0.0268. The number of carboxylic acids is 1. The predicted molar refractivity (Wildman–Crippen MR) is 55.8 cm³/mol. The van der Waals surface area contributed by atoms with Gasteiger partial charge in [-0.2, -0.15) is 0 Å². The fourth-order valence-corrected chi connectivity index (χ4v) is 1.10. The van der Waals surface area contributed by atoms with Gasteiger partial charge in [-0.25, -0.2) is 9.59 Å². The van der Waals surface area contributed by atoms with Crippen molar-refractivity contribution in [2.24, 2.45) is 11.5 Å². The van der Waals surface area contributed by atoms with Gasteiger partial charge >= 0.3 is 11.9 Å². The molecule has 6 heteroatoms. The maximum absolute atomic E-state index is 11.5. The molecule has 1 aromatic rings. The number of benzene rings is 1. The highest BCUT2D eigenvalue weighted by Gasteiger charge is 2.18. The SMILES string of the molecule is NCC(N)OC(=O)c1ccccc1C(=O)O. The molecule has 1 rings (SSSR count). The van der Waals surface area contributed by atoms with Gasteiger partial charge < -0.3 is 15.6 Å². The van der Waals surface area contributed by atoms with Crippen LogP contribution in [0.5, 0.6) is 0 Å². The summed E-state index contributed by atoms with van der Waals surface area (Å²) in [4.78, 5) is 22.3. The largest absolute Gasteiger partial charge is 0.478 e. The normalized spacial score (nSPS) is 11.9. The lowest BCUT2D eigenvalue weighted by Crippen LogP contribution is -2.35. The summed E-state index contributed by atoms with van der Waals surface area (Å²) < 4.78 is 4.73. The Morgan fingerprint density at radius 1 is 1.31 bits per heavy atom. The van der Waals surface area contributed by atoms with E-state index in [0.29, 0.717) is 0 Å². The van der Waals surface area contributed by atoms with E-state index in [0.717, 1.165) is 0 Å². The fraction of sp³-hybridized carbons (Fsp3) is 0.200. The molecule has 0 radical (unpaired) electrons. The first-order valence-electron chi connectivity index (χ1n) is 4.55. The Morgan fingerprint density at radius 2 is 1.88 bits per heavy atom. The Kier molecular flexibility index (Phi) is 3.98. The first-order valence-corrected chi connectivity index (χ1v) is 4.55. The van der Waals surface area contributed by atoms with Crippen molar-refractivity contribution in [1.82, 2.24) is 0 Å². The lowest BCUT2D eigenvalue weighted by molar-refractivity contribution is 0.0328. The topological polar surface area (TPSA) is 116 Å². The molecule has 0 fully saturated rings. The lowest BCUT2D eigenvalue weighted by Gasteiger charge is -2.11. The molecular formula is C10H12N2O4. The molecule has 0 heterocycles. The third kappa shape index (κ3) is 2.78. The van der Waals surface area contributed by atoms with Crippen LogP contribution >= 0.6 is 0 Å². The van der Waals surface area contributed by atoms with Crippen LogP contribution in [-0.4, -0.2) is 29.8 Å². The molecule has 0 spiro atoms. The van der Waals surface area contributed by atoms with Crippen LogP contribution in [0.3, 0.4) is 0 Å². The average molecular weight is 224 g/mol. The zero-order chi connectivity index (χ0) is 12.1. The van der Waals surface area contributed by atoms with Crippen molar-refractivity contribution in [2.45, 2.75) is 6.23 Å². The van der Waals surface area contributed by atoms with E-state index >= 15 is 0 Å². The molecule has 0 amide bonds. The number of carboxylic acid groups (broad SMARTS) is 1. The van der Waals surface area contributed by atoms with Gasteiger partial charge in [-0.3, -0.25) is 5.73 Å². The summed E-state index contributed by atoms with van der Waals surface area (Å²) in [6.45, 7) is -0.0268. The second-order valence-corrected chi connectivity index (χ2v) is 3.03. The molecule has 0 bridgehead atoms. The number of nitrogens with two attached hydrogens (primary N) is 2. The molecular weight excluding hydrogens is 212 g/mol. The first-order chi connectivity index (χ1) is 7.56. The highest BCUT2D eigenvalue weighted by Crippen LogP contribution is 2.10. The van der Waals surface area contributed by atoms with Gasteiger partial charge in [0.05, 0.1) is 11.1 Å². The third-order valence-electron chi connectivity index (χ3n) is 1.87. The van der Waals surface area contributed by atoms with E-state index in [1.54, 1.807) is 0 Å². The van der Waals surface area contributed by atoms with E-state index in [2.05, 4.69) is 0 Å². The van der Waals surface area contributed by atoms with Crippen molar-refractivity contribution >= 4 is 11.9 Å². The second kappa shape index (κ2) is 5.24. The fourth-order valence-electron chi connectivity index (χ4n) is 1.10. The molecule has 1 atom stereocenters. The Morgan fingerprint density at radius 3 is 2.38 bits per heavy atom. The van der Waals surface area contributed by atoms with Crippen molar-refractivity contribution in [3.05, 3.63) is 35.4 Å². The maximum atomic E-state index is 11.5. The van der Waals surface area contributed by atoms with Crippen LogP contribution < -0.4 is 11.5 Å². The van der Waals surface area contributed by atoms with Crippen LogP contribution in [0, 0.1) is 0 Å². The molecule has 0 saturated carbocycles. The highest BCUT2D eigenvalue weighted by molar-refractivity contribution is 6.02. The van der Waals surface area contributed by atoms with Crippen LogP contribution in [0.2, 0.25) is 0 Å². The minimum Gasteiger partial charge on any atom is -0.478 e. The molecule has 0 saturated heterocycles. The standard InChI is InChI=1S/C10H12N2O4/c11-5-8(12)16-10(15)7-4-2-1-3-6(7)9(13)14/h1-4,8H,5,11-12H2,(H,13,14). The third-order valence-corrected chi connectivity index (χ3v) is 1.87. The van der Waals surface area contributed by atoms with E-state index in [1.807, 2.05) is 0 Å². The summed E-state index contributed by atoms with van der Waals surface area (Å²) in [6.07, 6.45) is -0.936. The van der Waals surface area contributed by atoms with Gasteiger partial charge in [-0.1, -0.05) is 12.1 Å². The number of carbonyl (C=O) groups is 2. The van der Waals surface area contributed by atoms with Crippen LogP contribution in [-0.2, 0) is 4.74 Å². The Bertz CT molecular complexity index is 406. The monoisotopic (exact) mass is 224 g/mol. The van der Waals surface area contributed by atoms with Crippen molar-refractivity contribution in [3.63, 3.8) is 0 Å². The van der Waals surface area contributed by atoms with Gasteiger partial charge in [0.15, 0.2) is 6.23 Å². The molecule has 6 nitrogen and oxygen atoms in total. The van der Waals surface area contributed by atoms with Crippen molar-refractivity contribution < 1.29 is 19.4 Å². The Labute approximate surface area is 91.8 Å². The summed E-state index contributed by atoms with van der Waals surface area (Å²) in [5, 5.41) is 8.84. The first kappa shape index (κ1) is 12.2. The zero-order valence-electron chi connectivity index (χ0n) is 8.42. The van der Waals surface area contributed by atoms with E-state index in [9.17, 15) is 9.59 Å². The molecule has 0 aromatic heterocycles. The molecule has 0 aliphatic heterocycles. The second-order valence-electron chi connectivity index (χ2n) is 3.03. The molecule has 0 aliphatic carbocycles. The summed E-state index contributed by atoms with van der Waals surface area (Å²) in [7, 11) is 0. The minimum atomic E-state index is -1.20.